The van der Waals surface area contributed by atoms with Gasteiger partial charge in [0.1, 0.15) is 5.76 Å². The number of carbonyl (C=O) groups is 1. The maximum atomic E-state index is 12.2. The Balaban J connectivity index is 1.80. The highest BCUT2D eigenvalue weighted by Crippen LogP contribution is 2.25. The number of hydrogen-bond donors (Lipinski definition) is 2. The zero-order valence-electron chi connectivity index (χ0n) is 10.8. The molecule has 1 aromatic heterocycles. The Morgan fingerprint density at radius 3 is 3.16 bits per heavy atom. The van der Waals surface area contributed by atoms with Crippen molar-refractivity contribution in [2.45, 2.75) is 19.8 Å². The molecule has 1 amide bonds. The second-order valence-electron chi connectivity index (χ2n) is 4.61. The van der Waals surface area contributed by atoms with Crippen molar-refractivity contribution in [1.29, 1.82) is 0 Å². The van der Waals surface area contributed by atoms with Crippen LogP contribution in [-0.2, 0) is 12.8 Å². The minimum absolute atomic E-state index is 0.114. The zero-order chi connectivity index (χ0) is 13.2. The van der Waals surface area contributed by atoms with Crippen LogP contribution >= 0.6 is 0 Å². The van der Waals surface area contributed by atoms with Crippen LogP contribution in [0.2, 0.25) is 0 Å². The monoisotopic (exact) mass is 256 g/mol. The third-order valence-electron chi connectivity index (χ3n) is 3.38. The van der Waals surface area contributed by atoms with E-state index < -0.39 is 0 Å². The van der Waals surface area contributed by atoms with Crippen molar-refractivity contribution in [2.24, 2.45) is 0 Å². The number of nitrogens with one attached hydrogen (secondary N) is 2. The van der Waals surface area contributed by atoms with Crippen molar-refractivity contribution < 1.29 is 9.21 Å². The normalized spacial score (nSPS) is 12.9. The first-order valence-electron chi connectivity index (χ1n) is 6.52. The summed E-state index contributed by atoms with van der Waals surface area (Å²) in [5, 5.41) is 6.22. The molecule has 0 saturated heterocycles. The van der Waals surface area contributed by atoms with E-state index in [0.717, 1.165) is 30.1 Å². The average molecular weight is 256 g/mol. The van der Waals surface area contributed by atoms with E-state index in [1.165, 1.54) is 5.56 Å². The van der Waals surface area contributed by atoms with Crippen LogP contribution in [0.25, 0.3) is 0 Å². The van der Waals surface area contributed by atoms with Crippen LogP contribution in [0.1, 0.15) is 28.6 Å². The number of benzene rings is 1. The zero-order valence-corrected chi connectivity index (χ0v) is 10.8. The molecule has 0 radical (unpaired) electrons. The predicted molar refractivity (Wildman–Crippen MR) is 74.7 cm³/mol. The fourth-order valence-corrected chi connectivity index (χ4v) is 2.40. The summed E-state index contributed by atoms with van der Waals surface area (Å²) in [5.74, 6) is 0.608. The lowest BCUT2D eigenvalue weighted by molar-refractivity contribution is 0.102. The van der Waals surface area contributed by atoms with Gasteiger partial charge in [-0.3, -0.25) is 4.79 Å². The number of rotatable bonds is 3. The summed E-state index contributed by atoms with van der Waals surface area (Å²) < 4.78 is 5.28. The van der Waals surface area contributed by atoms with E-state index in [-0.39, 0.29) is 5.91 Å². The van der Waals surface area contributed by atoms with Crippen LogP contribution in [0, 0.1) is 0 Å². The maximum Gasteiger partial charge on any atom is 0.259 e. The molecule has 2 N–H and O–H groups in total. The molecule has 98 valence electrons. The molecule has 0 bridgehead atoms. The van der Waals surface area contributed by atoms with Crippen molar-refractivity contribution in [1.82, 2.24) is 0 Å². The van der Waals surface area contributed by atoms with Crippen molar-refractivity contribution >= 4 is 17.3 Å². The third kappa shape index (κ3) is 2.21. The van der Waals surface area contributed by atoms with Gasteiger partial charge < -0.3 is 15.1 Å². The lowest BCUT2D eigenvalue weighted by atomic mass is 10.1. The summed E-state index contributed by atoms with van der Waals surface area (Å²) in [5.41, 5.74) is 3.85. The molecule has 0 unspecified atom stereocenters. The molecule has 3 rings (SSSR count). The molecule has 4 nitrogen and oxygen atoms in total. The average Bonchev–Trinajstić information content (AvgIpc) is 3.06. The number of carbonyl (C=O) groups excluding carboxylic acids is 1. The number of hydrogen-bond acceptors (Lipinski definition) is 3. The lowest BCUT2D eigenvalue weighted by Gasteiger charge is -2.07. The summed E-state index contributed by atoms with van der Waals surface area (Å²) in [6.07, 6.45) is 3.27. The van der Waals surface area contributed by atoms with Gasteiger partial charge in [0, 0.05) is 24.3 Å². The summed E-state index contributed by atoms with van der Waals surface area (Å²) in [4.78, 5) is 12.2. The smallest absolute Gasteiger partial charge is 0.259 e. The molecular weight excluding hydrogens is 240 g/mol. The van der Waals surface area contributed by atoms with Gasteiger partial charge in [0.15, 0.2) is 0 Å². The molecule has 1 aliphatic rings. The molecule has 0 atom stereocenters. The fraction of sp³-hybridized carbons (Fsp3) is 0.267. The summed E-state index contributed by atoms with van der Waals surface area (Å²) >= 11 is 0. The quantitative estimate of drug-likeness (QED) is 0.887. The highest BCUT2D eigenvalue weighted by Gasteiger charge is 2.15. The number of furan rings is 1. The van der Waals surface area contributed by atoms with Crippen LogP contribution in [0.4, 0.5) is 11.4 Å². The molecule has 4 heteroatoms. The Hall–Kier alpha value is -2.23. The highest BCUT2D eigenvalue weighted by molar-refractivity contribution is 6.05. The van der Waals surface area contributed by atoms with Gasteiger partial charge >= 0.3 is 0 Å². The SMILES string of the molecule is CCc1occc1C(=O)Nc1ccc2c(c1)CCN2. The van der Waals surface area contributed by atoms with Crippen molar-refractivity contribution in [3.63, 3.8) is 0 Å². The van der Waals surface area contributed by atoms with Gasteiger partial charge in [-0.1, -0.05) is 6.92 Å². The van der Waals surface area contributed by atoms with Crippen LogP contribution in [0.3, 0.4) is 0 Å². The number of fused-ring (bicyclic) bond motifs is 1. The molecule has 0 spiro atoms. The van der Waals surface area contributed by atoms with E-state index in [1.54, 1.807) is 12.3 Å². The standard InChI is InChI=1S/C15H16N2O2/c1-2-14-12(6-8-19-14)15(18)17-11-3-4-13-10(9-11)5-7-16-13/h3-4,6,8-9,16H,2,5,7H2,1H3,(H,17,18). The van der Waals surface area contributed by atoms with Gasteiger partial charge in [-0.15, -0.1) is 0 Å². The molecule has 0 saturated carbocycles. The van der Waals surface area contributed by atoms with Crippen molar-refractivity contribution in [3.8, 4) is 0 Å². The first-order chi connectivity index (χ1) is 9.28. The van der Waals surface area contributed by atoms with Gasteiger partial charge in [-0.05, 0) is 36.2 Å². The minimum atomic E-state index is -0.114. The van der Waals surface area contributed by atoms with Crippen LogP contribution in [-0.4, -0.2) is 12.5 Å². The molecule has 0 aliphatic carbocycles. The summed E-state index contributed by atoms with van der Waals surface area (Å²) in [6.45, 7) is 2.94. The number of amides is 1. The van der Waals surface area contributed by atoms with E-state index in [1.807, 2.05) is 25.1 Å². The van der Waals surface area contributed by atoms with E-state index in [4.69, 9.17) is 4.42 Å². The largest absolute Gasteiger partial charge is 0.469 e. The second-order valence-corrected chi connectivity index (χ2v) is 4.61. The molecular formula is C15H16N2O2. The molecule has 2 aromatic rings. The maximum absolute atomic E-state index is 12.2. The highest BCUT2D eigenvalue weighted by atomic mass is 16.3. The van der Waals surface area contributed by atoms with E-state index in [9.17, 15) is 4.79 Å². The van der Waals surface area contributed by atoms with E-state index >= 15 is 0 Å². The molecule has 1 aliphatic heterocycles. The third-order valence-corrected chi connectivity index (χ3v) is 3.38. The van der Waals surface area contributed by atoms with Gasteiger partial charge in [0.25, 0.3) is 5.91 Å². The van der Waals surface area contributed by atoms with E-state index in [0.29, 0.717) is 12.0 Å². The van der Waals surface area contributed by atoms with Crippen molar-refractivity contribution in [2.75, 3.05) is 17.2 Å². The first-order valence-corrected chi connectivity index (χ1v) is 6.52. The Morgan fingerprint density at radius 2 is 2.32 bits per heavy atom. The van der Waals surface area contributed by atoms with Crippen LogP contribution < -0.4 is 10.6 Å². The van der Waals surface area contributed by atoms with E-state index in [2.05, 4.69) is 10.6 Å². The Bertz CT molecular complexity index is 616. The molecule has 19 heavy (non-hydrogen) atoms. The van der Waals surface area contributed by atoms with Crippen LogP contribution in [0.5, 0.6) is 0 Å². The number of anilines is 2. The Labute approximate surface area is 111 Å². The second kappa shape index (κ2) is 4.80. The molecule has 1 aromatic carbocycles. The Kier molecular flexibility index (Phi) is 2.99. The van der Waals surface area contributed by atoms with Gasteiger partial charge in [-0.2, -0.15) is 0 Å². The molecule has 2 heterocycles. The lowest BCUT2D eigenvalue weighted by Crippen LogP contribution is -2.12. The first kappa shape index (κ1) is 11.8. The van der Waals surface area contributed by atoms with Gasteiger partial charge in [-0.25, -0.2) is 0 Å². The predicted octanol–water partition coefficient (Wildman–Crippen LogP) is 3.06. The topological polar surface area (TPSA) is 54.3 Å². The summed E-state index contributed by atoms with van der Waals surface area (Å²) in [7, 11) is 0. The number of aryl methyl sites for hydroxylation is 1. The molecule has 0 fully saturated rings. The van der Waals surface area contributed by atoms with Crippen molar-refractivity contribution in [3.05, 3.63) is 47.4 Å². The van der Waals surface area contributed by atoms with Gasteiger partial charge in [0.2, 0.25) is 0 Å². The minimum Gasteiger partial charge on any atom is -0.469 e. The Morgan fingerprint density at radius 1 is 1.42 bits per heavy atom. The van der Waals surface area contributed by atoms with Crippen LogP contribution in [0.15, 0.2) is 34.9 Å². The summed E-state index contributed by atoms with van der Waals surface area (Å²) in [6, 6.07) is 7.66. The van der Waals surface area contributed by atoms with Gasteiger partial charge in [0.05, 0.1) is 11.8 Å². The fourth-order valence-electron chi connectivity index (χ4n) is 2.40.